The zero-order valence-electron chi connectivity index (χ0n) is 14.8. The van der Waals surface area contributed by atoms with Gasteiger partial charge in [-0.2, -0.15) is 0 Å². The quantitative estimate of drug-likeness (QED) is 0.742. The highest BCUT2D eigenvalue weighted by molar-refractivity contribution is 5.95. The number of hydrogen-bond donors (Lipinski definition) is 0. The summed E-state index contributed by atoms with van der Waals surface area (Å²) in [5.41, 5.74) is 0.537. The van der Waals surface area contributed by atoms with Crippen molar-refractivity contribution in [1.82, 2.24) is 9.80 Å². The maximum Gasteiger partial charge on any atom is 0.254 e. The van der Waals surface area contributed by atoms with E-state index in [-0.39, 0.29) is 5.91 Å². The van der Waals surface area contributed by atoms with Crippen LogP contribution in [0.3, 0.4) is 0 Å². The van der Waals surface area contributed by atoms with Crippen LogP contribution in [0, 0.1) is 0 Å². The van der Waals surface area contributed by atoms with E-state index in [0.717, 1.165) is 19.6 Å². The summed E-state index contributed by atoms with van der Waals surface area (Å²) in [6.07, 6.45) is 0. The number of hydrogen-bond acceptors (Lipinski definition) is 6. The van der Waals surface area contributed by atoms with Gasteiger partial charge in [-0.1, -0.05) is 0 Å². The average Bonchev–Trinajstić information content (AvgIpc) is 2.64. The molecule has 0 atom stereocenters. The molecule has 0 aliphatic carbocycles. The second kappa shape index (κ2) is 8.75. The van der Waals surface area contributed by atoms with E-state index >= 15 is 0 Å². The normalized spacial score (nSPS) is 15.2. The molecule has 1 aliphatic heterocycles. The molecule has 1 amide bonds. The van der Waals surface area contributed by atoms with E-state index in [1.807, 2.05) is 4.90 Å². The standard InChI is InChI=1S/C17H26N2O5/c1-21-10-9-18-5-7-19(8-6-18)17(20)13-11-14(22-2)16(24-4)15(12-13)23-3/h11-12H,5-10H2,1-4H3. The van der Waals surface area contributed by atoms with Crippen LogP contribution < -0.4 is 14.2 Å². The van der Waals surface area contributed by atoms with Gasteiger partial charge in [0.05, 0.1) is 27.9 Å². The van der Waals surface area contributed by atoms with Crippen LogP contribution in [0.2, 0.25) is 0 Å². The zero-order valence-corrected chi connectivity index (χ0v) is 14.8. The predicted octanol–water partition coefficient (Wildman–Crippen LogP) is 1.12. The number of carbonyl (C=O) groups is 1. The summed E-state index contributed by atoms with van der Waals surface area (Å²) in [4.78, 5) is 16.9. The molecule has 24 heavy (non-hydrogen) atoms. The van der Waals surface area contributed by atoms with Crippen molar-refractivity contribution in [2.24, 2.45) is 0 Å². The van der Waals surface area contributed by atoms with E-state index in [2.05, 4.69) is 4.90 Å². The van der Waals surface area contributed by atoms with Gasteiger partial charge in [0.15, 0.2) is 11.5 Å². The Morgan fingerprint density at radius 1 is 0.958 bits per heavy atom. The Labute approximate surface area is 143 Å². The number of amides is 1. The van der Waals surface area contributed by atoms with Gasteiger partial charge < -0.3 is 23.8 Å². The Balaban J connectivity index is 2.10. The lowest BCUT2D eigenvalue weighted by atomic mass is 10.1. The van der Waals surface area contributed by atoms with Crippen LogP contribution in [-0.4, -0.2) is 83.5 Å². The Morgan fingerprint density at radius 3 is 2.00 bits per heavy atom. The Hall–Kier alpha value is -1.99. The van der Waals surface area contributed by atoms with Gasteiger partial charge in [0.1, 0.15) is 0 Å². The summed E-state index contributed by atoms with van der Waals surface area (Å²) in [5, 5.41) is 0. The zero-order chi connectivity index (χ0) is 17.5. The van der Waals surface area contributed by atoms with Gasteiger partial charge in [-0.05, 0) is 12.1 Å². The monoisotopic (exact) mass is 338 g/mol. The SMILES string of the molecule is COCCN1CCN(C(=O)c2cc(OC)c(OC)c(OC)c2)CC1. The molecule has 1 aliphatic rings. The molecule has 1 saturated heterocycles. The van der Waals surface area contributed by atoms with Gasteiger partial charge >= 0.3 is 0 Å². The summed E-state index contributed by atoms with van der Waals surface area (Å²) in [7, 11) is 6.32. The van der Waals surface area contributed by atoms with Crippen LogP contribution in [0.15, 0.2) is 12.1 Å². The number of rotatable bonds is 7. The van der Waals surface area contributed by atoms with Crippen LogP contribution in [0.5, 0.6) is 17.2 Å². The van der Waals surface area contributed by atoms with Gasteiger partial charge in [-0.15, -0.1) is 0 Å². The molecule has 1 heterocycles. The van der Waals surface area contributed by atoms with Crippen LogP contribution in [0.1, 0.15) is 10.4 Å². The highest BCUT2D eigenvalue weighted by atomic mass is 16.5. The van der Waals surface area contributed by atoms with E-state index in [9.17, 15) is 4.79 Å². The fourth-order valence-electron chi connectivity index (χ4n) is 2.78. The number of carbonyl (C=O) groups excluding carboxylic acids is 1. The van der Waals surface area contributed by atoms with Crippen molar-refractivity contribution < 1.29 is 23.7 Å². The molecule has 1 fully saturated rings. The average molecular weight is 338 g/mol. The van der Waals surface area contributed by atoms with E-state index in [0.29, 0.717) is 42.5 Å². The van der Waals surface area contributed by atoms with E-state index < -0.39 is 0 Å². The predicted molar refractivity (Wildman–Crippen MR) is 90.3 cm³/mol. The molecule has 0 unspecified atom stereocenters. The van der Waals surface area contributed by atoms with Gasteiger partial charge in [-0.25, -0.2) is 0 Å². The van der Waals surface area contributed by atoms with Gasteiger partial charge in [0.25, 0.3) is 5.91 Å². The number of benzene rings is 1. The number of nitrogens with zero attached hydrogens (tertiary/aromatic N) is 2. The molecule has 2 rings (SSSR count). The van der Waals surface area contributed by atoms with Crippen LogP contribution in [0.25, 0.3) is 0 Å². The molecule has 7 nitrogen and oxygen atoms in total. The smallest absolute Gasteiger partial charge is 0.254 e. The van der Waals surface area contributed by atoms with Gasteiger partial charge in [0, 0.05) is 45.4 Å². The van der Waals surface area contributed by atoms with Crippen molar-refractivity contribution in [3.05, 3.63) is 17.7 Å². The minimum Gasteiger partial charge on any atom is -0.493 e. The molecule has 0 radical (unpaired) electrons. The van der Waals surface area contributed by atoms with Crippen molar-refractivity contribution in [1.29, 1.82) is 0 Å². The fourth-order valence-corrected chi connectivity index (χ4v) is 2.78. The first-order valence-corrected chi connectivity index (χ1v) is 7.95. The van der Waals surface area contributed by atoms with Crippen molar-refractivity contribution in [2.75, 3.05) is 67.8 Å². The highest BCUT2D eigenvalue weighted by Gasteiger charge is 2.24. The Bertz CT molecular complexity index is 531. The summed E-state index contributed by atoms with van der Waals surface area (Å²) in [5.74, 6) is 1.43. The molecule has 1 aromatic carbocycles. The van der Waals surface area contributed by atoms with Crippen LogP contribution in [0.4, 0.5) is 0 Å². The molecule has 134 valence electrons. The van der Waals surface area contributed by atoms with Crippen LogP contribution >= 0.6 is 0 Å². The molecule has 0 spiro atoms. The van der Waals surface area contributed by atoms with Crippen molar-refractivity contribution in [2.45, 2.75) is 0 Å². The molecular formula is C17H26N2O5. The van der Waals surface area contributed by atoms with Crippen molar-refractivity contribution in [3.8, 4) is 17.2 Å². The summed E-state index contributed by atoms with van der Waals surface area (Å²) in [6, 6.07) is 3.39. The number of ether oxygens (including phenoxy) is 4. The van der Waals surface area contributed by atoms with E-state index in [4.69, 9.17) is 18.9 Å². The van der Waals surface area contributed by atoms with E-state index in [1.165, 1.54) is 0 Å². The third kappa shape index (κ3) is 4.10. The lowest BCUT2D eigenvalue weighted by Gasteiger charge is -2.34. The Morgan fingerprint density at radius 2 is 1.54 bits per heavy atom. The molecular weight excluding hydrogens is 312 g/mol. The topological polar surface area (TPSA) is 60.5 Å². The molecule has 0 bridgehead atoms. The van der Waals surface area contributed by atoms with Crippen LogP contribution in [-0.2, 0) is 4.74 Å². The third-order valence-corrected chi connectivity index (χ3v) is 4.18. The van der Waals surface area contributed by atoms with Crippen molar-refractivity contribution >= 4 is 5.91 Å². The maximum absolute atomic E-state index is 12.8. The fraction of sp³-hybridized carbons (Fsp3) is 0.588. The molecule has 0 saturated carbocycles. The largest absolute Gasteiger partial charge is 0.493 e. The van der Waals surface area contributed by atoms with Gasteiger partial charge in [-0.3, -0.25) is 9.69 Å². The second-order valence-electron chi connectivity index (χ2n) is 5.54. The lowest BCUT2D eigenvalue weighted by Crippen LogP contribution is -2.49. The van der Waals surface area contributed by atoms with Crippen molar-refractivity contribution in [3.63, 3.8) is 0 Å². The number of methoxy groups -OCH3 is 4. The molecule has 0 N–H and O–H groups in total. The third-order valence-electron chi connectivity index (χ3n) is 4.18. The maximum atomic E-state index is 12.8. The minimum atomic E-state index is -0.0272. The first-order chi connectivity index (χ1) is 11.6. The minimum absolute atomic E-state index is 0.0272. The molecule has 1 aromatic rings. The first-order valence-electron chi connectivity index (χ1n) is 7.95. The summed E-state index contributed by atoms with van der Waals surface area (Å²) >= 11 is 0. The highest BCUT2D eigenvalue weighted by Crippen LogP contribution is 2.38. The number of piperazine rings is 1. The summed E-state index contributed by atoms with van der Waals surface area (Å²) in [6.45, 7) is 4.68. The Kier molecular flexibility index (Phi) is 6.69. The second-order valence-corrected chi connectivity index (χ2v) is 5.54. The lowest BCUT2D eigenvalue weighted by molar-refractivity contribution is 0.0593. The van der Waals surface area contributed by atoms with E-state index in [1.54, 1.807) is 40.6 Å². The van der Waals surface area contributed by atoms with Gasteiger partial charge in [0.2, 0.25) is 5.75 Å². The molecule has 7 heteroatoms. The molecule has 0 aromatic heterocycles. The first kappa shape index (κ1) is 18.4. The summed E-state index contributed by atoms with van der Waals surface area (Å²) < 4.78 is 21.0.